The van der Waals surface area contributed by atoms with E-state index >= 15 is 0 Å². The minimum absolute atomic E-state index is 0.227. The van der Waals surface area contributed by atoms with Gasteiger partial charge in [0, 0.05) is 13.5 Å². The highest BCUT2D eigenvalue weighted by molar-refractivity contribution is 5.73. The van der Waals surface area contributed by atoms with Crippen LogP contribution in [0.5, 0.6) is 0 Å². The number of likely N-dealkylation sites (N-methyl/N-ethyl adjacent to an activating group) is 1. The molecule has 70 valence electrons. The molecule has 0 heterocycles. The number of hydroxylamine groups is 2. The number of carboxylic acids is 1. The molecular formula is C7H13NO4. The van der Waals surface area contributed by atoms with Crippen molar-refractivity contribution in [1.82, 2.24) is 5.06 Å². The summed E-state index contributed by atoms with van der Waals surface area (Å²) < 4.78 is 0. The van der Waals surface area contributed by atoms with Gasteiger partial charge in [-0.2, -0.15) is 5.06 Å². The van der Waals surface area contributed by atoms with Crippen LogP contribution in [0.1, 0.15) is 12.8 Å². The molecule has 0 aromatic rings. The molecule has 1 N–H and O–H groups in total. The molecule has 0 saturated carbocycles. The van der Waals surface area contributed by atoms with E-state index < -0.39 is 12.0 Å². The molecule has 0 aromatic heterocycles. The lowest BCUT2D eigenvalue weighted by Gasteiger charge is -2.20. The predicted molar refractivity (Wildman–Crippen MR) is 41.5 cm³/mol. The number of rotatable bonds is 6. The second kappa shape index (κ2) is 5.68. The molecule has 12 heavy (non-hydrogen) atoms. The van der Waals surface area contributed by atoms with Crippen LogP contribution >= 0.6 is 0 Å². The summed E-state index contributed by atoms with van der Waals surface area (Å²) in [6, 6.07) is -0.750. The average Bonchev–Trinajstić information content (AvgIpc) is 2.04. The standard InChI is InChI=1S/C7H13NO4/c1-8(12-2)6(7(10)11)4-3-5-9/h5-6H,3-4H2,1-2H3,(H,10,11). The molecule has 0 amide bonds. The number of carbonyl (C=O) groups is 2. The predicted octanol–water partition coefficient (Wildman–Crippen LogP) is -0.0881. The SMILES string of the molecule is CON(C)C(CCC=O)C(=O)O. The lowest BCUT2D eigenvalue weighted by atomic mass is 10.2. The van der Waals surface area contributed by atoms with E-state index in [4.69, 9.17) is 9.94 Å². The van der Waals surface area contributed by atoms with Crippen LogP contribution in [-0.2, 0) is 14.4 Å². The van der Waals surface area contributed by atoms with Crippen molar-refractivity contribution in [1.29, 1.82) is 0 Å². The molecule has 0 aliphatic heterocycles. The second-order valence-electron chi connectivity index (χ2n) is 2.33. The van der Waals surface area contributed by atoms with Gasteiger partial charge in [0.2, 0.25) is 0 Å². The lowest BCUT2D eigenvalue weighted by Crippen LogP contribution is -2.37. The van der Waals surface area contributed by atoms with E-state index in [9.17, 15) is 9.59 Å². The zero-order valence-corrected chi connectivity index (χ0v) is 7.19. The van der Waals surface area contributed by atoms with Crippen LogP contribution in [0.2, 0.25) is 0 Å². The van der Waals surface area contributed by atoms with Gasteiger partial charge in [-0.05, 0) is 6.42 Å². The molecule has 5 nitrogen and oxygen atoms in total. The van der Waals surface area contributed by atoms with Crippen LogP contribution in [0.15, 0.2) is 0 Å². The van der Waals surface area contributed by atoms with Gasteiger partial charge in [0.05, 0.1) is 7.11 Å². The Kier molecular flexibility index (Phi) is 5.23. The highest BCUT2D eigenvalue weighted by Crippen LogP contribution is 2.03. The quantitative estimate of drug-likeness (QED) is 0.451. The number of hydrogen-bond acceptors (Lipinski definition) is 4. The van der Waals surface area contributed by atoms with E-state index in [0.717, 1.165) is 0 Å². The average molecular weight is 175 g/mol. The Morgan fingerprint density at radius 3 is 2.67 bits per heavy atom. The third-order valence-electron chi connectivity index (χ3n) is 1.57. The Labute approximate surface area is 70.9 Å². The highest BCUT2D eigenvalue weighted by atomic mass is 16.7. The summed E-state index contributed by atoms with van der Waals surface area (Å²) in [7, 11) is 2.90. The fourth-order valence-electron chi connectivity index (χ4n) is 0.814. The Hall–Kier alpha value is -0.940. The summed E-state index contributed by atoms with van der Waals surface area (Å²) in [4.78, 5) is 25.3. The molecule has 0 aliphatic carbocycles. The van der Waals surface area contributed by atoms with Gasteiger partial charge in [0.25, 0.3) is 0 Å². The smallest absolute Gasteiger partial charge is 0.323 e. The van der Waals surface area contributed by atoms with Crippen molar-refractivity contribution in [2.45, 2.75) is 18.9 Å². The highest BCUT2D eigenvalue weighted by Gasteiger charge is 2.21. The van der Waals surface area contributed by atoms with Crippen LogP contribution in [-0.4, -0.2) is 42.6 Å². The van der Waals surface area contributed by atoms with Gasteiger partial charge < -0.3 is 14.7 Å². The van der Waals surface area contributed by atoms with Gasteiger partial charge in [-0.25, -0.2) is 0 Å². The zero-order chi connectivity index (χ0) is 9.56. The number of carbonyl (C=O) groups excluding carboxylic acids is 1. The molecule has 0 aliphatic rings. The maximum absolute atomic E-state index is 10.6. The Morgan fingerprint density at radius 1 is 1.75 bits per heavy atom. The second-order valence-corrected chi connectivity index (χ2v) is 2.33. The maximum Gasteiger partial charge on any atom is 0.323 e. The normalized spacial score (nSPS) is 12.9. The van der Waals surface area contributed by atoms with Crippen molar-refractivity contribution in [2.24, 2.45) is 0 Å². The third-order valence-corrected chi connectivity index (χ3v) is 1.57. The van der Waals surface area contributed by atoms with E-state index in [1.807, 2.05) is 0 Å². The van der Waals surface area contributed by atoms with Gasteiger partial charge in [-0.3, -0.25) is 4.79 Å². The molecule has 1 atom stereocenters. The van der Waals surface area contributed by atoms with Gasteiger partial charge in [0.1, 0.15) is 12.3 Å². The van der Waals surface area contributed by atoms with E-state index in [1.165, 1.54) is 19.2 Å². The minimum atomic E-state index is -0.985. The molecule has 0 bridgehead atoms. The van der Waals surface area contributed by atoms with E-state index in [-0.39, 0.29) is 12.8 Å². The first-order chi connectivity index (χ1) is 5.63. The molecule has 0 fully saturated rings. The Morgan fingerprint density at radius 2 is 2.33 bits per heavy atom. The molecule has 0 aromatic carbocycles. The van der Waals surface area contributed by atoms with Crippen molar-refractivity contribution in [3.8, 4) is 0 Å². The van der Waals surface area contributed by atoms with Crippen molar-refractivity contribution < 1.29 is 19.5 Å². The lowest BCUT2D eigenvalue weighted by molar-refractivity contribution is -0.174. The van der Waals surface area contributed by atoms with Gasteiger partial charge in [-0.15, -0.1) is 0 Å². The molecule has 5 heteroatoms. The first-order valence-electron chi connectivity index (χ1n) is 3.56. The molecule has 0 rings (SSSR count). The summed E-state index contributed by atoms with van der Waals surface area (Å²) in [6.45, 7) is 0. The van der Waals surface area contributed by atoms with Crippen LogP contribution in [0.25, 0.3) is 0 Å². The fourth-order valence-corrected chi connectivity index (χ4v) is 0.814. The van der Waals surface area contributed by atoms with Gasteiger partial charge >= 0.3 is 5.97 Å². The fraction of sp³-hybridized carbons (Fsp3) is 0.714. The summed E-state index contributed by atoms with van der Waals surface area (Å²) in [5, 5.41) is 9.88. The number of aldehydes is 1. The van der Waals surface area contributed by atoms with Crippen molar-refractivity contribution in [3.63, 3.8) is 0 Å². The van der Waals surface area contributed by atoms with E-state index in [2.05, 4.69) is 0 Å². The number of nitrogens with zero attached hydrogens (tertiary/aromatic N) is 1. The third kappa shape index (κ3) is 3.45. The van der Waals surface area contributed by atoms with Crippen molar-refractivity contribution in [3.05, 3.63) is 0 Å². The molecular weight excluding hydrogens is 162 g/mol. The molecule has 0 saturated heterocycles. The van der Waals surface area contributed by atoms with Crippen molar-refractivity contribution in [2.75, 3.05) is 14.2 Å². The van der Waals surface area contributed by atoms with Crippen LogP contribution in [0, 0.1) is 0 Å². The van der Waals surface area contributed by atoms with Crippen LogP contribution in [0.3, 0.4) is 0 Å². The summed E-state index contributed by atoms with van der Waals surface area (Å²) >= 11 is 0. The minimum Gasteiger partial charge on any atom is -0.480 e. The first kappa shape index (κ1) is 11.1. The Bertz CT molecular complexity index is 159. The Balaban J connectivity index is 4.02. The molecule has 0 spiro atoms. The maximum atomic E-state index is 10.6. The zero-order valence-electron chi connectivity index (χ0n) is 7.19. The summed E-state index contributed by atoms with van der Waals surface area (Å²) in [5.41, 5.74) is 0. The van der Waals surface area contributed by atoms with Crippen LogP contribution < -0.4 is 0 Å². The number of hydrogen-bond donors (Lipinski definition) is 1. The number of carboxylic acid groups (broad SMARTS) is 1. The molecule has 1 unspecified atom stereocenters. The van der Waals surface area contributed by atoms with E-state index in [1.54, 1.807) is 0 Å². The number of aliphatic carboxylic acids is 1. The first-order valence-corrected chi connectivity index (χ1v) is 3.56. The van der Waals surface area contributed by atoms with Gasteiger partial charge in [-0.1, -0.05) is 0 Å². The topological polar surface area (TPSA) is 66.8 Å². The molecule has 0 radical (unpaired) electrons. The van der Waals surface area contributed by atoms with E-state index in [0.29, 0.717) is 6.29 Å². The van der Waals surface area contributed by atoms with Crippen LogP contribution in [0.4, 0.5) is 0 Å². The van der Waals surface area contributed by atoms with Gasteiger partial charge in [0.15, 0.2) is 0 Å². The largest absolute Gasteiger partial charge is 0.480 e. The summed E-state index contributed by atoms with van der Waals surface area (Å²) in [5.74, 6) is -0.985. The monoisotopic (exact) mass is 175 g/mol. The summed E-state index contributed by atoms with van der Waals surface area (Å²) in [6.07, 6.45) is 1.19. The van der Waals surface area contributed by atoms with Crippen molar-refractivity contribution >= 4 is 12.3 Å².